The maximum Gasteiger partial charge on any atom is 0.220 e. The average molecular weight is 325 g/mol. The van der Waals surface area contributed by atoms with Gasteiger partial charge in [-0.05, 0) is 56.4 Å². The molecule has 1 saturated carbocycles. The number of carbonyl (C=O) groups excluding carboxylic acids is 1. The predicted octanol–water partition coefficient (Wildman–Crippen LogP) is 2.00. The molecule has 0 spiro atoms. The first-order chi connectivity index (χ1) is 11.6. The van der Waals surface area contributed by atoms with E-state index in [1.807, 2.05) is 13.8 Å². The van der Waals surface area contributed by atoms with Crippen LogP contribution in [0.2, 0.25) is 0 Å². The van der Waals surface area contributed by atoms with E-state index in [4.69, 9.17) is 0 Å². The lowest BCUT2D eigenvalue weighted by Gasteiger charge is -2.18. The van der Waals surface area contributed by atoms with Crippen LogP contribution in [0.4, 0.5) is 0 Å². The van der Waals surface area contributed by atoms with E-state index < -0.39 is 0 Å². The first-order valence-electron chi connectivity index (χ1n) is 8.73. The first-order valence-corrected chi connectivity index (χ1v) is 8.73. The Labute approximate surface area is 141 Å². The Kier molecular flexibility index (Phi) is 3.82. The van der Waals surface area contributed by atoms with Crippen LogP contribution in [0.1, 0.15) is 36.1 Å². The van der Waals surface area contributed by atoms with Crippen molar-refractivity contribution in [3.05, 3.63) is 35.3 Å². The molecule has 6 nitrogen and oxygen atoms in total. The topological polar surface area (TPSA) is 72.2 Å². The number of nitrogens with zero attached hydrogens (tertiary/aromatic N) is 4. The van der Waals surface area contributed by atoms with Crippen molar-refractivity contribution in [1.29, 1.82) is 0 Å². The summed E-state index contributed by atoms with van der Waals surface area (Å²) in [5, 5.41) is 15.6. The van der Waals surface area contributed by atoms with Gasteiger partial charge in [0, 0.05) is 18.5 Å². The van der Waals surface area contributed by atoms with Crippen LogP contribution in [-0.4, -0.2) is 32.3 Å². The second-order valence-corrected chi connectivity index (χ2v) is 7.13. The van der Waals surface area contributed by atoms with Crippen LogP contribution >= 0.6 is 0 Å². The highest BCUT2D eigenvalue weighted by Crippen LogP contribution is 2.42. The Hall–Kier alpha value is -2.24. The van der Waals surface area contributed by atoms with Crippen LogP contribution < -0.4 is 5.32 Å². The van der Waals surface area contributed by atoms with Crippen molar-refractivity contribution in [3.63, 3.8) is 0 Å². The third-order valence-electron chi connectivity index (χ3n) is 5.59. The molecule has 2 bridgehead atoms. The quantitative estimate of drug-likeness (QED) is 0.854. The Balaban J connectivity index is 1.35. The molecular weight excluding hydrogens is 302 g/mol. The SMILES string of the molecule is Cc1nn2cnnc2c(C)c1CCC(=O)NCC1CC2C=CC1C2. The maximum absolute atomic E-state index is 12.2. The Morgan fingerprint density at radius 2 is 2.21 bits per heavy atom. The van der Waals surface area contributed by atoms with Crippen LogP contribution in [0.3, 0.4) is 0 Å². The molecule has 2 aromatic rings. The summed E-state index contributed by atoms with van der Waals surface area (Å²) in [7, 11) is 0. The average Bonchev–Trinajstić information content (AvgIpc) is 3.28. The summed E-state index contributed by atoms with van der Waals surface area (Å²) in [6.07, 6.45) is 9.96. The van der Waals surface area contributed by atoms with Crippen LogP contribution in [-0.2, 0) is 11.2 Å². The van der Waals surface area contributed by atoms with E-state index in [2.05, 4.69) is 32.8 Å². The highest BCUT2D eigenvalue weighted by Gasteiger charge is 2.35. The molecule has 6 heteroatoms. The molecule has 2 aliphatic carbocycles. The molecule has 2 heterocycles. The summed E-state index contributed by atoms with van der Waals surface area (Å²) in [6, 6.07) is 0. The number of aryl methyl sites for hydroxylation is 2. The lowest BCUT2D eigenvalue weighted by Crippen LogP contribution is -2.31. The van der Waals surface area contributed by atoms with Gasteiger partial charge in [-0.1, -0.05) is 12.2 Å². The van der Waals surface area contributed by atoms with Gasteiger partial charge in [0.05, 0.1) is 5.69 Å². The van der Waals surface area contributed by atoms with E-state index in [0.29, 0.717) is 24.7 Å². The van der Waals surface area contributed by atoms with Gasteiger partial charge in [-0.15, -0.1) is 10.2 Å². The van der Waals surface area contributed by atoms with Gasteiger partial charge < -0.3 is 5.32 Å². The molecule has 0 radical (unpaired) electrons. The summed E-state index contributed by atoms with van der Waals surface area (Å²) in [6.45, 7) is 4.80. The van der Waals surface area contributed by atoms with Crippen molar-refractivity contribution in [2.24, 2.45) is 17.8 Å². The number of carbonyl (C=O) groups is 1. The number of allylic oxidation sites excluding steroid dienone is 2. The number of nitrogens with one attached hydrogen (secondary N) is 1. The lowest BCUT2D eigenvalue weighted by molar-refractivity contribution is -0.121. The zero-order valence-corrected chi connectivity index (χ0v) is 14.2. The van der Waals surface area contributed by atoms with Gasteiger partial charge in [-0.2, -0.15) is 5.10 Å². The van der Waals surface area contributed by atoms with Crippen LogP contribution in [0.15, 0.2) is 18.5 Å². The summed E-state index contributed by atoms with van der Waals surface area (Å²) in [5.74, 6) is 2.19. The largest absolute Gasteiger partial charge is 0.356 e. The van der Waals surface area contributed by atoms with Gasteiger partial charge in [-0.25, -0.2) is 4.52 Å². The highest BCUT2D eigenvalue weighted by molar-refractivity contribution is 5.76. The number of amides is 1. The molecular formula is C18H23N5O. The van der Waals surface area contributed by atoms with Crippen LogP contribution in [0, 0.1) is 31.6 Å². The zero-order valence-electron chi connectivity index (χ0n) is 14.2. The molecule has 2 aliphatic rings. The molecule has 1 amide bonds. The molecule has 3 atom stereocenters. The number of aromatic nitrogens is 4. The standard InChI is InChI=1S/C18H23N5O/c1-11-16(12(2)22-23-10-20-21-18(11)23)5-6-17(24)19-9-15-8-13-3-4-14(15)7-13/h3-4,10,13-15H,5-9H2,1-2H3,(H,19,24). The normalized spacial score (nSPS) is 24.8. The monoisotopic (exact) mass is 325 g/mol. The zero-order chi connectivity index (χ0) is 16.7. The molecule has 0 aromatic carbocycles. The second kappa shape index (κ2) is 6.00. The van der Waals surface area contributed by atoms with Crippen molar-refractivity contribution >= 4 is 11.6 Å². The number of rotatable bonds is 5. The van der Waals surface area contributed by atoms with Crippen LogP contribution in [0.5, 0.6) is 0 Å². The smallest absolute Gasteiger partial charge is 0.220 e. The van der Waals surface area contributed by atoms with E-state index in [1.165, 1.54) is 12.8 Å². The number of hydrogen-bond acceptors (Lipinski definition) is 4. The van der Waals surface area contributed by atoms with E-state index in [1.54, 1.807) is 10.8 Å². The molecule has 126 valence electrons. The van der Waals surface area contributed by atoms with Crippen molar-refractivity contribution in [2.75, 3.05) is 6.54 Å². The maximum atomic E-state index is 12.2. The van der Waals surface area contributed by atoms with Crippen molar-refractivity contribution < 1.29 is 4.79 Å². The fourth-order valence-corrected chi connectivity index (χ4v) is 4.25. The summed E-state index contributed by atoms with van der Waals surface area (Å²) >= 11 is 0. The minimum atomic E-state index is 0.127. The van der Waals surface area contributed by atoms with E-state index in [9.17, 15) is 4.79 Å². The fourth-order valence-electron chi connectivity index (χ4n) is 4.25. The summed E-state index contributed by atoms with van der Waals surface area (Å²) in [4.78, 5) is 12.2. The summed E-state index contributed by atoms with van der Waals surface area (Å²) in [5.41, 5.74) is 3.87. The molecule has 1 fully saturated rings. The molecule has 0 aliphatic heterocycles. The minimum absolute atomic E-state index is 0.127. The predicted molar refractivity (Wildman–Crippen MR) is 90.4 cm³/mol. The van der Waals surface area contributed by atoms with Crippen molar-refractivity contribution in [1.82, 2.24) is 25.1 Å². The van der Waals surface area contributed by atoms with E-state index >= 15 is 0 Å². The molecule has 2 aromatic heterocycles. The summed E-state index contributed by atoms with van der Waals surface area (Å²) < 4.78 is 1.69. The second-order valence-electron chi connectivity index (χ2n) is 7.13. The molecule has 1 N–H and O–H groups in total. The highest BCUT2D eigenvalue weighted by atomic mass is 16.1. The fraction of sp³-hybridized carbons (Fsp3) is 0.556. The minimum Gasteiger partial charge on any atom is -0.356 e. The Bertz CT molecular complexity index is 809. The molecule has 3 unspecified atom stereocenters. The third-order valence-corrected chi connectivity index (χ3v) is 5.59. The molecule has 24 heavy (non-hydrogen) atoms. The van der Waals surface area contributed by atoms with E-state index in [-0.39, 0.29) is 5.91 Å². The Morgan fingerprint density at radius 3 is 2.96 bits per heavy atom. The van der Waals surface area contributed by atoms with Gasteiger partial charge in [0.2, 0.25) is 5.91 Å². The van der Waals surface area contributed by atoms with Gasteiger partial charge in [0.1, 0.15) is 6.33 Å². The van der Waals surface area contributed by atoms with Crippen LogP contribution in [0.25, 0.3) is 5.65 Å². The third kappa shape index (κ3) is 2.70. The lowest BCUT2D eigenvalue weighted by atomic mass is 9.93. The van der Waals surface area contributed by atoms with Gasteiger partial charge in [-0.3, -0.25) is 4.79 Å². The van der Waals surface area contributed by atoms with Crippen molar-refractivity contribution in [2.45, 2.75) is 39.5 Å². The van der Waals surface area contributed by atoms with E-state index in [0.717, 1.165) is 34.9 Å². The van der Waals surface area contributed by atoms with Crippen molar-refractivity contribution in [3.8, 4) is 0 Å². The first kappa shape index (κ1) is 15.3. The van der Waals surface area contributed by atoms with Gasteiger partial charge in [0.15, 0.2) is 5.65 Å². The molecule has 4 rings (SSSR count). The van der Waals surface area contributed by atoms with Gasteiger partial charge >= 0.3 is 0 Å². The number of hydrogen-bond donors (Lipinski definition) is 1. The molecule has 0 saturated heterocycles. The van der Waals surface area contributed by atoms with Gasteiger partial charge in [0.25, 0.3) is 0 Å². The Morgan fingerprint density at radius 1 is 1.33 bits per heavy atom. The number of fused-ring (bicyclic) bond motifs is 3.